The zero-order valence-electron chi connectivity index (χ0n) is 16.0. The van der Waals surface area contributed by atoms with E-state index in [1.54, 1.807) is 6.08 Å². The number of aryl methyl sites for hydroxylation is 1. The maximum Gasteiger partial charge on any atom is 0.289 e. The van der Waals surface area contributed by atoms with Crippen LogP contribution in [0.2, 0.25) is 5.02 Å². The topological polar surface area (TPSA) is 103 Å². The molecule has 0 saturated carbocycles. The fourth-order valence-electron chi connectivity index (χ4n) is 2.66. The number of amides is 1. The fraction of sp³-hybridized carbons (Fsp3) is 0.150. The number of rotatable bonds is 8. The lowest BCUT2D eigenvalue weighted by molar-refractivity contribution is -0.384. The highest BCUT2D eigenvalue weighted by atomic mass is 35.5. The van der Waals surface area contributed by atoms with Gasteiger partial charge in [0.05, 0.1) is 10.7 Å². The molecule has 1 heterocycles. The van der Waals surface area contributed by atoms with Crippen molar-refractivity contribution in [3.05, 3.63) is 75.8 Å². The molecule has 0 radical (unpaired) electrons. The second-order valence-electron chi connectivity index (χ2n) is 6.33. The molecule has 0 atom stereocenters. The van der Waals surface area contributed by atoms with E-state index in [0.29, 0.717) is 23.2 Å². The summed E-state index contributed by atoms with van der Waals surface area (Å²) < 4.78 is 1.88. The van der Waals surface area contributed by atoms with Gasteiger partial charge in [0.25, 0.3) is 5.69 Å². The second-order valence-corrected chi connectivity index (χ2v) is 7.68. The fourth-order valence-corrected chi connectivity index (χ4v) is 3.60. The van der Waals surface area contributed by atoms with Crippen molar-refractivity contribution in [2.45, 2.75) is 18.6 Å². The molecule has 154 valence electrons. The van der Waals surface area contributed by atoms with Crippen LogP contribution in [0.5, 0.6) is 0 Å². The molecule has 3 rings (SSSR count). The minimum Gasteiger partial charge on any atom is -0.325 e. The van der Waals surface area contributed by atoms with Crippen molar-refractivity contribution in [3.8, 4) is 11.4 Å². The van der Waals surface area contributed by atoms with Crippen LogP contribution < -0.4 is 5.32 Å². The summed E-state index contributed by atoms with van der Waals surface area (Å²) in [7, 11) is 0. The number of allylic oxidation sites excluding steroid dienone is 1. The summed E-state index contributed by atoms with van der Waals surface area (Å²) in [6, 6.07) is 12.0. The van der Waals surface area contributed by atoms with Gasteiger partial charge < -0.3 is 5.32 Å². The summed E-state index contributed by atoms with van der Waals surface area (Å²) in [6.45, 7) is 6.27. The number of thioether (sulfide) groups is 1. The smallest absolute Gasteiger partial charge is 0.289 e. The highest BCUT2D eigenvalue weighted by Gasteiger charge is 2.17. The van der Waals surface area contributed by atoms with Gasteiger partial charge in [0.2, 0.25) is 5.91 Å². The molecule has 0 aliphatic rings. The van der Waals surface area contributed by atoms with E-state index in [0.717, 1.165) is 11.1 Å². The van der Waals surface area contributed by atoms with Gasteiger partial charge in [0.15, 0.2) is 11.0 Å². The minimum atomic E-state index is -0.600. The first-order chi connectivity index (χ1) is 14.4. The van der Waals surface area contributed by atoms with Crippen LogP contribution in [0, 0.1) is 17.0 Å². The van der Waals surface area contributed by atoms with E-state index in [1.807, 2.05) is 35.8 Å². The predicted octanol–water partition coefficient (Wildman–Crippen LogP) is 4.73. The molecule has 0 saturated heterocycles. The van der Waals surface area contributed by atoms with Gasteiger partial charge in [0.1, 0.15) is 5.02 Å². The minimum absolute atomic E-state index is 0.00790. The Bertz CT molecular complexity index is 1100. The van der Waals surface area contributed by atoms with E-state index in [-0.39, 0.29) is 22.4 Å². The lowest BCUT2D eigenvalue weighted by Crippen LogP contribution is -2.14. The number of nitrogens with zero attached hydrogens (tertiary/aromatic N) is 4. The van der Waals surface area contributed by atoms with Crippen LogP contribution >= 0.6 is 23.4 Å². The zero-order valence-corrected chi connectivity index (χ0v) is 17.6. The maximum absolute atomic E-state index is 12.3. The van der Waals surface area contributed by atoms with Crippen LogP contribution in [0.1, 0.15) is 5.56 Å². The van der Waals surface area contributed by atoms with Crippen molar-refractivity contribution in [2.24, 2.45) is 0 Å². The highest BCUT2D eigenvalue weighted by molar-refractivity contribution is 7.99. The van der Waals surface area contributed by atoms with E-state index in [1.165, 1.54) is 30.0 Å². The summed E-state index contributed by atoms with van der Waals surface area (Å²) in [5, 5.41) is 22.7. The third-order valence-corrected chi connectivity index (χ3v) is 5.38. The van der Waals surface area contributed by atoms with Gasteiger partial charge in [0, 0.05) is 23.9 Å². The molecule has 0 aliphatic carbocycles. The Morgan fingerprint density at radius 2 is 2.03 bits per heavy atom. The molecular weight excluding hydrogens is 426 g/mol. The standard InChI is InChI=1S/C20H18ClN5O3S/c1-3-10-25-19(14-6-4-13(2)5-7-14)23-24-20(25)30-12-18(27)22-15-8-9-16(21)17(11-15)26(28)29/h3-9,11H,1,10,12H2,2H3,(H,22,27). The lowest BCUT2D eigenvalue weighted by Gasteiger charge is -2.08. The summed E-state index contributed by atoms with van der Waals surface area (Å²) in [5.74, 6) is 0.410. The number of benzene rings is 2. The maximum atomic E-state index is 12.3. The van der Waals surface area contributed by atoms with Crippen molar-refractivity contribution in [1.82, 2.24) is 14.8 Å². The van der Waals surface area contributed by atoms with Crippen molar-refractivity contribution >= 4 is 40.6 Å². The Morgan fingerprint density at radius 3 is 2.70 bits per heavy atom. The van der Waals surface area contributed by atoms with Gasteiger partial charge in [-0.15, -0.1) is 16.8 Å². The van der Waals surface area contributed by atoms with E-state index < -0.39 is 4.92 Å². The molecule has 30 heavy (non-hydrogen) atoms. The lowest BCUT2D eigenvalue weighted by atomic mass is 10.1. The number of nitrogens with one attached hydrogen (secondary N) is 1. The number of halogens is 1. The molecule has 1 aromatic heterocycles. The Balaban J connectivity index is 1.71. The third kappa shape index (κ3) is 5.05. The molecule has 10 heteroatoms. The van der Waals surface area contributed by atoms with Crippen LogP contribution in [0.4, 0.5) is 11.4 Å². The zero-order chi connectivity index (χ0) is 21.7. The molecule has 0 spiro atoms. The van der Waals surface area contributed by atoms with Gasteiger partial charge >= 0.3 is 0 Å². The number of anilines is 1. The molecule has 0 fully saturated rings. The van der Waals surface area contributed by atoms with Gasteiger partial charge in [-0.05, 0) is 19.1 Å². The summed E-state index contributed by atoms with van der Waals surface area (Å²) in [5.41, 5.74) is 2.09. The van der Waals surface area contributed by atoms with Gasteiger partial charge in [-0.1, -0.05) is 59.3 Å². The molecule has 1 amide bonds. The Hall–Kier alpha value is -3.17. The second kappa shape index (κ2) is 9.55. The van der Waals surface area contributed by atoms with E-state index in [9.17, 15) is 14.9 Å². The summed E-state index contributed by atoms with van der Waals surface area (Å²) in [6.07, 6.45) is 1.73. The van der Waals surface area contributed by atoms with Crippen LogP contribution in [0.25, 0.3) is 11.4 Å². The Morgan fingerprint density at radius 1 is 1.30 bits per heavy atom. The average Bonchev–Trinajstić information content (AvgIpc) is 3.11. The van der Waals surface area contributed by atoms with Gasteiger partial charge in [-0.2, -0.15) is 0 Å². The van der Waals surface area contributed by atoms with Crippen LogP contribution in [-0.2, 0) is 11.3 Å². The van der Waals surface area contributed by atoms with Gasteiger partial charge in [-0.3, -0.25) is 19.5 Å². The highest BCUT2D eigenvalue weighted by Crippen LogP contribution is 2.28. The quantitative estimate of drug-likeness (QED) is 0.233. The third-order valence-electron chi connectivity index (χ3n) is 4.10. The SMILES string of the molecule is C=CCn1c(SCC(=O)Nc2ccc(Cl)c([N+](=O)[O-])c2)nnc1-c1ccc(C)cc1. The first-order valence-electron chi connectivity index (χ1n) is 8.86. The van der Waals surface area contributed by atoms with Crippen molar-refractivity contribution in [1.29, 1.82) is 0 Å². The molecule has 0 aliphatic heterocycles. The number of aromatic nitrogens is 3. The largest absolute Gasteiger partial charge is 0.325 e. The van der Waals surface area contributed by atoms with Gasteiger partial charge in [-0.25, -0.2) is 0 Å². The average molecular weight is 444 g/mol. The Kier molecular flexibility index (Phi) is 6.86. The molecule has 8 nitrogen and oxygen atoms in total. The van der Waals surface area contributed by atoms with E-state index in [2.05, 4.69) is 22.1 Å². The van der Waals surface area contributed by atoms with Crippen molar-refractivity contribution < 1.29 is 9.72 Å². The molecule has 0 bridgehead atoms. The van der Waals surface area contributed by atoms with E-state index >= 15 is 0 Å². The number of carbonyl (C=O) groups excluding carboxylic acids is 1. The van der Waals surface area contributed by atoms with Crippen LogP contribution in [0.3, 0.4) is 0 Å². The summed E-state index contributed by atoms with van der Waals surface area (Å²) >= 11 is 7.01. The van der Waals surface area contributed by atoms with Crippen molar-refractivity contribution in [3.63, 3.8) is 0 Å². The van der Waals surface area contributed by atoms with Crippen LogP contribution in [0.15, 0.2) is 60.3 Å². The number of carbonyl (C=O) groups is 1. The Labute approximate surface area is 182 Å². The predicted molar refractivity (Wildman–Crippen MR) is 118 cm³/mol. The molecule has 0 unspecified atom stereocenters. The first-order valence-corrected chi connectivity index (χ1v) is 10.2. The number of nitro groups is 1. The molecular formula is C20H18ClN5O3S. The molecule has 2 aromatic carbocycles. The normalized spacial score (nSPS) is 10.6. The number of nitro benzene ring substituents is 1. The molecule has 1 N–H and O–H groups in total. The van der Waals surface area contributed by atoms with Crippen LogP contribution in [-0.4, -0.2) is 31.3 Å². The first kappa shape index (κ1) is 21.5. The van der Waals surface area contributed by atoms with E-state index in [4.69, 9.17) is 11.6 Å². The van der Waals surface area contributed by atoms with Crippen molar-refractivity contribution in [2.75, 3.05) is 11.1 Å². The monoisotopic (exact) mass is 443 g/mol. The molecule has 3 aromatic rings. The number of hydrogen-bond donors (Lipinski definition) is 1. The summed E-state index contributed by atoms with van der Waals surface area (Å²) in [4.78, 5) is 22.7. The number of hydrogen-bond acceptors (Lipinski definition) is 6.